The molecule has 0 radical (unpaired) electrons. The minimum atomic E-state index is 0.227. The minimum Gasteiger partial charge on any atom is -0.395 e. The molecule has 0 amide bonds. The molecule has 17 heavy (non-hydrogen) atoms. The van der Waals surface area contributed by atoms with Gasteiger partial charge in [-0.3, -0.25) is 0 Å². The molecule has 1 N–H and O–H groups in total. The lowest BCUT2D eigenvalue weighted by atomic mass is 10.3. The van der Waals surface area contributed by atoms with E-state index in [2.05, 4.69) is 30.5 Å². The number of hydrogen-bond donors (Lipinski definition) is 1. The fraction of sp³-hybridized carbons (Fsp3) is 1.00. The van der Waals surface area contributed by atoms with E-state index in [1.54, 1.807) is 10.8 Å². The van der Waals surface area contributed by atoms with Crippen molar-refractivity contribution in [3.63, 3.8) is 0 Å². The van der Waals surface area contributed by atoms with Crippen LogP contribution in [0.25, 0.3) is 0 Å². The Balaban J connectivity index is 0. The highest BCUT2D eigenvalue weighted by atomic mass is 33.1. The number of aliphatic hydroxyl groups excluding tert-OH is 1. The fourth-order valence-electron chi connectivity index (χ4n) is 0.490. The zero-order chi connectivity index (χ0) is 13.6. The first kappa shape index (κ1) is 19.9. The van der Waals surface area contributed by atoms with E-state index in [9.17, 15) is 0 Å². The van der Waals surface area contributed by atoms with Gasteiger partial charge in [0.1, 0.15) is 0 Å². The van der Waals surface area contributed by atoms with E-state index in [0.717, 1.165) is 5.75 Å². The minimum absolute atomic E-state index is 0.227. The van der Waals surface area contributed by atoms with Crippen molar-refractivity contribution in [3.8, 4) is 0 Å². The second-order valence-corrected chi connectivity index (χ2v) is 7.12. The van der Waals surface area contributed by atoms with Gasteiger partial charge >= 0.3 is 0 Å². The highest BCUT2D eigenvalue weighted by Crippen LogP contribution is 2.34. The van der Waals surface area contributed by atoms with Gasteiger partial charge in [-0.25, -0.2) is 9.78 Å². The summed E-state index contributed by atoms with van der Waals surface area (Å²) in [7, 11) is 3.54. The van der Waals surface area contributed by atoms with E-state index >= 15 is 0 Å². The highest BCUT2D eigenvalue weighted by Gasteiger charge is 2.09. The average molecular weight is 286 g/mol. The maximum atomic E-state index is 8.43. The van der Waals surface area contributed by atoms with Gasteiger partial charge in [0.25, 0.3) is 0 Å². The Labute approximate surface area is 113 Å². The Bertz CT molecular complexity index is 134. The average Bonchev–Trinajstić information content (AvgIpc) is 2.24. The smallest absolute Gasteiger partial charge is 0.180 e. The summed E-state index contributed by atoms with van der Waals surface area (Å²) in [5.74, 6) is 0.835. The Hall–Kier alpha value is 0.540. The van der Waals surface area contributed by atoms with Crippen LogP contribution in [0.1, 0.15) is 34.6 Å². The molecule has 0 aliphatic heterocycles. The molecular formula is C11H26O4S2. The van der Waals surface area contributed by atoms with Crippen LogP contribution in [0.3, 0.4) is 0 Å². The van der Waals surface area contributed by atoms with E-state index in [0.29, 0.717) is 18.0 Å². The Kier molecular flexibility index (Phi) is 17.1. The van der Waals surface area contributed by atoms with Crippen molar-refractivity contribution in [2.45, 2.75) is 39.4 Å². The van der Waals surface area contributed by atoms with E-state index in [-0.39, 0.29) is 13.4 Å². The van der Waals surface area contributed by atoms with Crippen molar-refractivity contribution in [3.05, 3.63) is 0 Å². The first-order valence-electron chi connectivity index (χ1n) is 5.71. The van der Waals surface area contributed by atoms with Crippen LogP contribution in [-0.4, -0.2) is 42.2 Å². The van der Waals surface area contributed by atoms with Gasteiger partial charge < -0.3 is 9.84 Å². The predicted octanol–water partition coefficient (Wildman–Crippen LogP) is 3.11. The molecule has 0 bridgehead atoms. The lowest BCUT2D eigenvalue weighted by molar-refractivity contribution is -0.333. The summed E-state index contributed by atoms with van der Waals surface area (Å²) in [6.07, 6.45) is 0. The third-order valence-corrected chi connectivity index (χ3v) is 4.34. The Morgan fingerprint density at radius 2 is 1.71 bits per heavy atom. The van der Waals surface area contributed by atoms with Crippen molar-refractivity contribution in [2.24, 2.45) is 0 Å². The Morgan fingerprint density at radius 1 is 1.06 bits per heavy atom. The van der Waals surface area contributed by atoms with Gasteiger partial charge in [0.15, 0.2) is 6.79 Å². The zero-order valence-electron chi connectivity index (χ0n) is 11.5. The highest BCUT2D eigenvalue weighted by molar-refractivity contribution is 8.77. The van der Waals surface area contributed by atoms with Gasteiger partial charge in [0, 0.05) is 17.1 Å². The Morgan fingerprint density at radius 3 is 2.12 bits per heavy atom. The van der Waals surface area contributed by atoms with Crippen LogP contribution in [0.4, 0.5) is 0 Å². The summed E-state index contributed by atoms with van der Waals surface area (Å²) in [5.41, 5.74) is 0. The summed E-state index contributed by atoms with van der Waals surface area (Å²) in [6, 6.07) is 0. The molecule has 0 aliphatic carbocycles. The molecule has 4 nitrogen and oxygen atoms in total. The topological polar surface area (TPSA) is 47.9 Å². The molecule has 0 heterocycles. The van der Waals surface area contributed by atoms with Gasteiger partial charge in [-0.05, 0) is 13.8 Å². The molecule has 106 valence electrons. The summed E-state index contributed by atoms with van der Waals surface area (Å²) in [4.78, 5) is 9.01. The van der Waals surface area contributed by atoms with Gasteiger partial charge in [-0.1, -0.05) is 42.4 Å². The molecule has 0 aromatic rings. The van der Waals surface area contributed by atoms with Crippen LogP contribution in [0, 0.1) is 0 Å². The molecule has 0 spiro atoms. The summed E-state index contributed by atoms with van der Waals surface area (Å²) in [5, 5.41) is 8.43. The van der Waals surface area contributed by atoms with Crippen molar-refractivity contribution in [1.29, 1.82) is 0 Å². The largest absolute Gasteiger partial charge is 0.395 e. The molecule has 0 aliphatic rings. The number of rotatable bonds is 8. The molecule has 0 rings (SSSR count). The van der Waals surface area contributed by atoms with Crippen LogP contribution >= 0.6 is 21.6 Å². The summed E-state index contributed by atoms with van der Waals surface area (Å²) in [6.45, 7) is 12.0. The second kappa shape index (κ2) is 14.6. The SMILES string of the molecule is CC(C)(C)SSCCO.CCOCOOCC. The fourth-order valence-corrected chi connectivity index (χ4v) is 2.54. The maximum absolute atomic E-state index is 8.43. The monoisotopic (exact) mass is 286 g/mol. The molecule has 0 saturated carbocycles. The van der Waals surface area contributed by atoms with Gasteiger partial charge in [0.05, 0.1) is 13.2 Å². The van der Waals surface area contributed by atoms with Crippen LogP contribution in [-0.2, 0) is 14.5 Å². The molecule has 0 fully saturated rings. The second-order valence-electron chi connectivity index (χ2n) is 3.88. The van der Waals surface area contributed by atoms with Crippen molar-refractivity contribution in [1.82, 2.24) is 0 Å². The molecule has 0 aromatic heterocycles. The van der Waals surface area contributed by atoms with Gasteiger partial charge in [-0.15, -0.1) is 0 Å². The third-order valence-electron chi connectivity index (χ3n) is 1.02. The molecule has 0 aromatic carbocycles. The molecule has 0 atom stereocenters. The van der Waals surface area contributed by atoms with E-state index in [4.69, 9.17) is 9.84 Å². The lowest BCUT2D eigenvalue weighted by Gasteiger charge is -2.15. The maximum Gasteiger partial charge on any atom is 0.180 e. The van der Waals surface area contributed by atoms with Gasteiger partial charge in [-0.2, -0.15) is 0 Å². The van der Waals surface area contributed by atoms with Crippen LogP contribution in [0.15, 0.2) is 0 Å². The van der Waals surface area contributed by atoms with Crippen LogP contribution in [0.2, 0.25) is 0 Å². The first-order valence-corrected chi connectivity index (χ1v) is 8.03. The van der Waals surface area contributed by atoms with Gasteiger partial charge in [0.2, 0.25) is 0 Å². The lowest BCUT2D eigenvalue weighted by Crippen LogP contribution is -2.04. The summed E-state index contributed by atoms with van der Waals surface area (Å²) < 4.78 is 5.11. The van der Waals surface area contributed by atoms with E-state index in [1.807, 2.05) is 24.6 Å². The standard InChI is InChI=1S/C6H14OS2.C5H12O3/c1-6(2,3)9-8-5-4-7;1-3-6-5-8-7-4-2/h7H,4-5H2,1-3H3;3-5H2,1-2H3. The number of ether oxygens (including phenoxy) is 1. The normalized spacial score (nSPS) is 10.9. The third kappa shape index (κ3) is 26.3. The molecule has 0 saturated heterocycles. The quantitative estimate of drug-likeness (QED) is 0.243. The van der Waals surface area contributed by atoms with Crippen LogP contribution < -0.4 is 0 Å². The molecule has 0 unspecified atom stereocenters. The predicted molar refractivity (Wildman–Crippen MR) is 76.1 cm³/mol. The number of aliphatic hydroxyl groups is 1. The summed E-state index contributed by atoms with van der Waals surface area (Å²) >= 11 is 0. The molecular weight excluding hydrogens is 260 g/mol. The van der Waals surface area contributed by atoms with E-state index < -0.39 is 0 Å². The number of hydrogen-bond acceptors (Lipinski definition) is 6. The van der Waals surface area contributed by atoms with Crippen molar-refractivity contribution >= 4 is 21.6 Å². The first-order chi connectivity index (χ1) is 7.97. The molecule has 6 heteroatoms. The van der Waals surface area contributed by atoms with E-state index in [1.165, 1.54) is 0 Å². The van der Waals surface area contributed by atoms with Crippen molar-refractivity contribution in [2.75, 3.05) is 32.4 Å². The van der Waals surface area contributed by atoms with Crippen molar-refractivity contribution < 1.29 is 19.6 Å². The van der Waals surface area contributed by atoms with Crippen LogP contribution in [0.5, 0.6) is 0 Å². The zero-order valence-corrected chi connectivity index (χ0v) is 13.2.